The van der Waals surface area contributed by atoms with Crippen LogP contribution < -0.4 is 9.47 Å². The predicted molar refractivity (Wildman–Crippen MR) is 102 cm³/mol. The van der Waals surface area contributed by atoms with Gasteiger partial charge in [0, 0.05) is 30.7 Å². The van der Waals surface area contributed by atoms with Gasteiger partial charge in [-0.25, -0.2) is 0 Å². The number of ether oxygens (including phenoxy) is 3. The molecule has 6 heteroatoms. The maximum Gasteiger partial charge on any atom is 0.168 e. The molecule has 0 amide bonds. The third-order valence-corrected chi connectivity index (χ3v) is 5.38. The lowest BCUT2D eigenvalue weighted by Gasteiger charge is -2.21. The van der Waals surface area contributed by atoms with Gasteiger partial charge in [0.25, 0.3) is 0 Å². The highest BCUT2D eigenvalue weighted by Crippen LogP contribution is 2.41. The van der Waals surface area contributed by atoms with Crippen molar-refractivity contribution in [1.82, 2.24) is 14.8 Å². The van der Waals surface area contributed by atoms with Crippen LogP contribution >= 0.6 is 0 Å². The van der Waals surface area contributed by atoms with Crippen LogP contribution in [-0.2, 0) is 4.74 Å². The van der Waals surface area contributed by atoms with Gasteiger partial charge in [0.05, 0.1) is 24.9 Å². The van der Waals surface area contributed by atoms with Crippen LogP contribution in [0.3, 0.4) is 0 Å². The maximum absolute atomic E-state index is 6.41. The zero-order valence-corrected chi connectivity index (χ0v) is 15.4. The molecule has 6 nitrogen and oxygen atoms in total. The molecular weight excluding hydrogens is 342 g/mol. The number of hydrogen-bond acceptors (Lipinski definition) is 5. The Balaban J connectivity index is 1.54. The Morgan fingerprint density at radius 2 is 1.93 bits per heavy atom. The number of aromatic nitrogens is 3. The van der Waals surface area contributed by atoms with Gasteiger partial charge in [-0.2, -0.15) is 5.10 Å². The summed E-state index contributed by atoms with van der Waals surface area (Å²) in [5, 5.41) is 5.84. The van der Waals surface area contributed by atoms with E-state index >= 15 is 0 Å². The lowest BCUT2D eigenvalue weighted by Crippen LogP contribution is -2.15. The second-order valence-corrected chi connectivity index (χ2v) is 7.27. The van der Waals surface area contributed by atoms with Crippen molar-refractivity contribution in [1.29, 1.82) is 0 Å². The van der Waals surface area contributed by atoms with E-state index in [1.54, 1.807) is 13.3 Å². The first-order valence-electron chi connectivity index (χ1n) is 9.59. The van der Waals surface area contributed by atoms with Crippen molar-refractivity contribution in [2.24, 2.45) is 0 Å². The minimum Gasteiger partial charge on any atom is -0.497 e. The van der Waals surface area contributed by atoms with Crippen molar-refractivity contribution in [2.45, 2.75) is 37.6 Å². The maximum atomic E-state index is 6.41. The number of methoxy groups -OCH3 is 1. The molecule has 5 rings (SSSR count). The summed E-state index contributed by atoms with van der Waals surface area (Å²) in [6, 6.07) is 8.27. The standard InChI is InChI=1S/C21H23N3O3/c1-25-16-4-5-18-17(12-16)19(6-9-22-18)27-20-13-24(15-2-3-15)23-21(20)14-7-10-26-11-8-14/h4-6,9,12-15H,2-3,7-8,10-11H2,1H3. The third-order valence-electron chi connectivity index (χ3n) is 5.38. The van der Waals surface area contributed by atoms with Crippen molar-refractivity contribution in [3.8, 4) is 17.2 Å². The molecular formula is C21H23N3O3. The van der Waals surface area contributed by atoms with E-state index < -0.39 is 0 Å². The molecule has 0 N–H and O–H groups in total. The number of pyridine rings is 1. The zero-order chi connectivity index (χ0) is 18.2. The first-order chi connectivity index (χ1) is 13.3. The van der Waals surface area contributed by atoms with Crippen molar-refractivity contribution < 1.29 is 14.2 Å². The number of fused-ring (bicyclic) bond motifs is 1. The van der Waals surface area contributed by atoms with Crippen LogP contribution in [0, 0.1) is 0 Å². The van der Waals surface area contributed by atoms with Gasteiger partial charge in [0.2, 0.25) is 0 Å². The van der Waals surface area contributed by atoms with E-state index in [2.05, 4.69) is 15.9 Å². The molecule has 0 atom stereocenters. The van der Waals surface area contributed by atoms with E-state index in [0.29, 0.717) is 12.0 Å². The van der Waals surface area contributed by atoms with Gasteiger partial charge in [0.15, 0.2) is 5.75 Å². The Morgan fingerprint density at radius 3 is 2.70 bits per heavy atom. The van der Waals surface area contributed by atoms with Crippen LogP contribution in [0.1, 0.15) is 43.3 Å². The van der Waals surface area contributed by atoms with E-state index in [1.165, 1.54) is 12.8 Å². The van der Waals surface area contributed by atoms with E-state index in [4.69, 9.17) is 19.3 Å². The van der Waals surface area contributed by atoms with Crippen molar-refractivity contribution in [2.75, 3.05) is 20.3 Å². The first kappa shape index (κ1) is 16.6. The molecule has 27 heavy (non-hydrogen) atoms. The average molecular weight is 365 g/mol. The van der Waals surface area contributed by atoms with Crippen LogP contribution in [0.15, 0.2) is 36.7 Å². The minimum atomic E-state index is 0.386. The quantitative estimate of drug-likeness (QED) is 0.668. The SMILES string of the molecule is COc1ccc2nccc(Oc3cn(C4CC4)nc3C3CCOCC3)c2c1. The summed E-state index contributed by atoms with van der Waals surface area (Å²) in [4.78, 5) is 4.44. The molecule has 0 bridgehead atoms. The Kier molecular flexibility index (Phi) is 4.20. The van der Waals surface area contributed by atoms with E-state index in [1.807, 2.05) is 24.3 Å². The summed E-state index contributed by atoms with van der Waals surface area (Å²) in [7, 11) is 1.67. The van der Waals surface area contributed by atoms with Crippen LogP contribution in [-0.4, -0.2) is 35.1 Å². The molecule has 140 valence electrons. The number of hydrogen-bond donors (Lipinski definition) is 0. The van der Waals surface area contributed by atoms with Gasteiger partial charge in [-0.05, 0) is 49.9 Å². The Labute approximate surface area is 158 Å². The van der Waals surface area contributed by atoms with Gasteiger partial charge < -0.3 is 14.2 Å². The van der Waals surface area contributed by atoms with Gasteiger partial charge in [-0.15, -0.1) is 0 Å². The fourth-order valence-corrected chi connectivity index (χ4v) is 3.68. The lowest BCUT2D eigenvalue weighted by atomic mass is 9.96. The fraction of sp³-hybridized carbons (Fsp3) is 0.429. The minimum absolute atomic E-state index is 0.386. The Hall–Kier alpha value is -2.60. The second kappa shape index (κ2) is 6.85. The van der Waals surface area contributed by atoms with Gasteiger partial charge in [0.1, 0.15) is 17.2 Å². The number of nitrogens with zero attached hydrogens (tertiary/aromatic N) is 3. The van der Waals surface area contributed by atoms with E-state index in [-0.39, 0.29) is 0 Å². The molecule has 1 aliphatic carbocycles. The Morgan fingerprint density at radius 1 is 1.07 bits per heavy atom. The van der Waals surface area contributed by atoms with Gasteiger partial charge in [-0.3, -0.25) is 9.67 Å². The number of rotatable bonds is 5. The van der Waals surface area contributed by atoms with Crippen LogP contribution in [0.4, 0.5) is 0 Å². The number of benzene rings is 1. The normalized spacial score (nSPS) is 18.0. The van der Waals surface area contributed by atoms with Crippen molar-refractivity contribution in [3.05, 3.63) is 42.4 Å². The first-order valence-corrected chi connectivity index (χ1v) is 9.59. The summed E-state index contributed by atoms with van der Waals surface area (Å²) in [6.07, 6.45) is 8.22. The lowest BCUT2D eigenvalue weighted by molar-refractivity contribution is 0.0839. The Bertz CT molecular complexity index is 958. The molecule has 2 aliphatic rings. The molecule has 3 heterocycles. The fourth-order valence-electron chi connectivity index (χ4n) is 3.68. The highest BCUT2D eigenvalue weighted by Gasteiger charge is 2.30. The summed E-state index contributed by atoms with van der Waals surface area (Å²) in [6.45, 7) is 1.57. The molecule has 1 aromatic carbocycles. The smallest absolute Gasteiger partial charge is 0.168 e. The summed E-state index contributed by atoms with van der Waals surface area (Å²) < 4.78 is 19.4. The molecule has 0 unspecified atom stereocenters. The molecule has 1 saturated heterocycles. The van der Waals surface area contributed by atoms with E-state index in [9.17, 15) is 0 Å². The van der Waals surface area contributed by atoms with Gasteiger partial charge in [-0.1, -0.05) is 0 Å². The van der Waals surface area contributed by atoms with Crippen LogP contribution in [0.5, 0.6) is 17.2 Å². The third kappa shape index (κ3) is 3.25. The van der Waals surface area contributed by atoms with Gasteiger partial charge >= 0.3 is 0 Å². The molecule has 3 aromatic rings. The highest BCUT2D eigenvalue weighted by atomic mass is 16.5. The second-order valence-electron chi connectivity index (χ2n) is 7.27. The molecule has 1 aliphatic heterocycles. The highest BCUT2D eigenvalue weighted by molar-refractivity contribution is 5.86. The molecule has 1 saturated carbocycles. The largest absolute Gasteiger partial charge is 0.497 e. The average Bonchev–Trinajstić information content (AvgIpc) is 3.49. The van der Waals surface area contributed by atoms with Crippen LogP contribution in [0.2, 0.25) is 0 Å². The monoisotopic (exact) mass is 365 g/mol. The van der Waals surface area contributed by atoms with Crippen molar-refractivity contribution in [3.63, 3.8) is 0 Å². The van der Waals surface area contributed by atoms with Crippen molar-refractivity contribution >= 4 is 10.9 Å². The molecule has 2 fully saturated rings. The molecule has 2 aromatic heterocycles. The zero-order valence-electron chi connectivity index (χ0n) is 15.4. The topological polar surface area (TPSA) is 58.4 Å². The molecule has 0 radical (unpaired) electrons. The van der Waals surface area contributed by atoms with E-state index in [0.717, 1.165) is 59.9 Å². The summed E-state index contributed by atoms with van der Waals surface area (Å²) in [5.74, 6) is 2.81. The summed E-state index contributed by atoms with van der Waals surface area (Å²) >= 11 is 0. The molecule has 0 spiro atoms. The van der Waals surface area contributed by atoms with Crippen LogP contribution in [0.25, 0.3) is 10.9 Å². The summed E-state index contributed by atoms with van der Waals surface area (Å²) in [5.41, 5.74) is 1.94. The predicted octanol–water partition coefficient (Wildman–Crippen LogP) is 4.46.